The largest absolute Gasteiger partial charge is 0.463 e. The molecule has 0 aliphatic heterocycles. The van der Waals surface area contributed by atoms with Gasteiger partial charge in [0.2, 0.25) is 0 Å². The van der Waals surface area contributed by atoms with Crippen molar-refractivity contribution < 1.29 is 9.53 Å². The normalized spacial score (nSPS) is 11.2. The van der Waals surface area contributed by atoms with E-state index in [1.165, 1.54) is 6.08 Å². The van der Waals surface area contributed by atoms with Crippen LogP contribution in [0.5, 0.6) is 0 Å². The molecule has 2 aromatic carbocycles. The molecule has 3 N–H and O–H groups in total. The topological polar surface area (TPSA) is 64.3 Å². The predicted molar refractivity (Wildman–Crippen MR) is 95.3 cm³/mol. The van der Waals surface area contributed by atoms with E-state index in [-0.39, 0.29) is 0 Å². The number of hydrogen-bond donors (Lipinski definition) is 2. The Kier molecular flexibility index (Phi) is 5.66. The van der Waals surface area contributed by atoms with E-state index in [1.54, 1.807) is 19.1 Å². The fraction of sp³-hybridized carbons (Fsp3) is 0.167. The minimum atomic E-state index is -0.421. The predicted octanol–water partition coefficient (Wildman–Crippen LogP) is 4.25. The molecule has 120 valence electrons. The maximum Gasteiger partial charge on any atom is 0.332 e. The molecule has 2 aromatic rings. The molecule has 0 fully saturated rings. The second-order valence-electron chi connectivity index (χ2n) is 5.03. The Morgan fingerprint density at radius 1 is 1.26 bits per heavy atom. The van der Waals surface area contributed by atoms with Crippen molar-refractivity contribution in [1.29, 1.82) is 0 Å². The summed E-state index contributed by atoms with van der Waals surface area (Å²) >= 11 is 5.92. The lowest BCUT2D eigenvalue weighted by Gasteiger charge is -2.14. The summed E-state index contributed by atoms with van der Waals surface area (Å²) in [5.41, 5.74) is 9.83. The zero-order valence-corrected chi connectivity index (χ0v) is 13.9. The summed E-state index contributed by atoms with van der Waals surface area (Å²) in [7, 11) is 0. The van der Waals surface area contributed by atoms with Gasteiger partial charge in [-0.15, -0.1) is 0 Å². The van der Waals surface area contributed by atoms with Crippen LogP contribution in [0, 0.1) is 6.92 Å². The first kappa shape index (κ1) is 16.9. The Morgan fingerprint density at radius 2 is 1.96 bits per heavy atom. The van der Waals surface area contributed by atoms with E-state index >= 15 is 0 Å². The van der Waals surface area contributed by atoms with Gasteiger partial charge in [-0.2, -0.15) is 0 Å². The van der Waals surface area contributed by atoms with E-state index in [1.807, 2.05) is 37.3 Å². The first-order chi connectivity index (χ1) is 11.0. The van der Waals surface area contributed by atoms with Crippen LogP contribution in [0.25, 0.3) is 5.70 Å². The third kappa shape index (κ3) is 4.76. The highest BCUT2D eigenvalue weighted by atomic mass is 35.5. The zero-order valence-electron chi connectivity index (χ0n) is 13.1. The van der Waals surface area contributed by atoms with Crippen molar-refractivity contribution in [2.45, 2.75) is 13.8 Å². The third-order valence-electron chi connectivity index (χ3n) is 3.18. The number of carbonyl (C=O) groups excluding carboxylic acids is 1. The molecule has 0 unspecified atom stereocenters. The van der Waals surface area contributed by atoms with Gasteiger partial charge in [-0.05, 0) is 49.2 Å². The minimum Gasteiger partial charge on any atom is -0.463 e. The van der Waals surface area contributed by atoms with Crippen LogP contribution >= 0.6 is 11.6 Å². The highest BCUT2D eigenvalue weighted by Gasteiger charge is 2.08. The van der Waals surface area contributed by atoms with Crippen molar-refractivity contribution in [3.63, 3.8) is 0 Å². The third-order valence-corrected chi connectivity index (χ3v) is 3.43. The van der Waals surface area contributed by atoms with Crippen LogP contribution in [-0.4, -0.2) is 12.6 Å². The zero-order chi connectivity index (χ0) is 16.8. The number of aryl methyl sites for hydroxylation is 1. The molecule has 0 saturated carbocycles. The van der Waals surface area contributed by atoms with Crippen molar-refractivity contribution in [2.24, 2.45) is 0 Å². The van der Waals surface area contributed by atoms with Crippen molar-refractivity contribution in [3.8, 4) is 0 Å². The molecule has 23 heavy (non-hydrogen) atoms. The van der Waals surface area contributed by atoms with E-state index < -0.39 is 5.97 Å². The van der Waals surface area contributed by atoms with Gasteiger partial charge in [-0.3, -0.25) is 0 Å². The number of carbonyl (C=O) groups is 1. The number of nitrogen functional groups attached to an aromatic ring is 1. The molecule has 0 aliphatic carbocycles. The van der Waals surface area contributed by atoms with Crippen LogP contribution in [0.15, 0.2) is 48.5 Å². The Morgan fingerprint density at radius 3 is 2.57 bits per heavy atom. The van der Waals surface area contributed by atoms with Gasteiger partial charge in [0.15, 0.2) is 0 Å². The maximum atomic E-state index is 11.8. The van der Waals surface area contributed by atoms with E-state index in [0.717, 1.165) is 16.8 Å². The molecule has 0 heterocycles. The van der Waals surface area contributed by atoms with Gasteiger partial charge in [-0.25, -0.2) is 4.79 Å². The second kappa shape index (κ2) is 7.70. The van der Waals surface area contributed by atoms with Crippen molar-refractivity contribution in [2.75, 3.05) is 17.7 Å². The van der Waals surface area contributed by atoms with Crippen LogP contribution in [0.1, 0.15) is 18.1 Å². The summed E-state index contributed by atoms with van der Waals surface area (Å²) in [6.45, 7) is 4.05. The number of anilines is 2. The van der Waals surface area contributed by atoms with Crippen LogP contribution in [0.3, 0.4) is 0 Å². The Labute approximate surface area is 140 Å². The first-order valence-corrected chi connectivity index (χ1v) is 7.65. The fourth-order valence-corrected chi connectivity index (χ4v) is 2.19. The molecule has 0 saturated heterocycles. The molecular weight excluding hydrogens is 312 g/mol. The molecule has 0 radical (unpaired) electrons. The first-order valence-electron chi connectivity index (χ1n) is 7.27. The number of rotatable bonds is 5. The van der Waals surface area contributed by atoms with Gasteiger partial charge >= 0.3 is 5.97 Å². The monoisotopic (exact) mass is 330 g/mol. The average Bonchev–Trinajstić information content (AvgIpc) is 2.50. The lowest BCUT2D eigenvalue weighted by atomic mass is 10.1. The Bertz CT molecular complexity index is 724. The van der Waals surface area contributed by atoms with E-state index in [4.69, 9.17) is 22.1 Å². The lowest BCUT2D eigenvalue weighted by Crippen LogP contribution is -2.07. The molecule has 0 bridgehead atoms. The molecule has 0 spiro atoms. The second-order valence-corrected chi connectivity index (χ2v) is 5.47. The highest BCUT2D eigenvalue weighted by Crippen LogP contribution is 2.25. The lowest BCUT2D eigenvalue weighted by molar-refractivity contribution is -0.137. The highest BCUT2D eigenvalue weighted by molar-refractivity contribution is 6.30. The molecular formula is C18H19ClN2O2. The summed E-state index contributed by atoms with van der Waals surface area (Å²) in [4.78, 5) is 11.8. The minimum absolute atomic E-state index is 0.315. The smallest absolute Gasteiger partial charge is 0.332 e. The SMILES string of the molecule is CCOC(=O)/C=C(/Nc1ccc(C)cc1N)c1ccc(Cl)cc1. The van der Waals surface area contributed by atoms with E-state index in [9.17, 15) is 4.79 Å². The van der Waals surface area contributed by atoms with Crippen molar-refractivity contribution in [1.82, 2.24) is 0 Å². The van der Waals surface area contributed by atoms with Gasteiger partial charge in [0, 0.05) is 11.1 Å². The molecule has 0 atom stereocenters. The number of esters is 1. The van der Waals surface area contributed by atoms with Gasteiger partial charge in [0.05, 0.1) is 23.7 Å². The van der Waals surface area contributed by atoms with Crippen LogP contribution < -0.4 is 11.1 Å². The van der Waals surface area contributed by atoms with Crippen LogP contribution in [-0.2, 0) is 9.53 Å². The van der Waals surface area contributed by atoms with Gasteiger partial charge in [-0.1, -0.05) is 29.8 Å². The summed E-state index contributed by atoms with van der Waals surface area (Å²) in [5.74, 6) is -0.421. The molecule has 0 amide bonds. The maximum absolute atomic E-state index is 11.8. The van der Waals surface area contributed by atoms with Gasteiger partial charge in [0.25, 0.3) is 0 Å². The molecule has 2 rings (SSSR count). The van der Waals surface area contributed by atoms with Crippen LogP contribution in [0.2, 0.25) is 5.02 Å². The summed E-state index contributed by atoms with van der Waals surface area (Å²) in [6, 6.07) is 12.9. The number of halogens is 1. The van der Waals surface area contributed by atoms with E-state index in [2.05, 4.69) is 5.32 Å². The van der Waals surface area contributed by atoms with Crippen molar-refractivity contribution in [3.05, 3.63) is 64.7 Å². The number of ether oxygens (including phenoxy) is 1. The molecule has 0 aromatic heterocycles. The van der Waals surface area contributed by atoms with Crippen LogP contribution in [0.4, 0.5) is 11.4 Å². The number of benzene rings is 2. The molecule has 0 aliphatic rings. The quantitative estimate of drug-likeness (QED) is 0.489. The standard InChI is InChI=1S/C18H19ClN2O2/c1-3-23-18(22)11-17(13-5-7-14(19)8-6-13)21-16-9-4-12(2)10-15(16)20/h4-11,21H,3,20H2,1-2H3/b17-11+. The van der Waals surface area contributed by atoms with Gasteiger partial charge < -0.3 is 15.8 Å². The summed E-state index contributed by atoms with van der Waals surface area (Å²) < 4.78 is 4.99. The number of nitrogens with one attached hydrogen (secondary N) is 1. The average molecular weight is 331 g/mol. The number of hydrogen-bond acceptors (Lipinski definition) is 4. The Balaban J connectivity index is 2.37. The fourth-order valence-electron chi connectivity index (χ4n) is 2.06. The number of nitrogens with two attached hydrogens (primary N) is 1. The van der Waals surface area contributed by atoms with Crippen molar-refractivity contribution >= 4 is 34.6 Å². The summed E-state index contributed by atoms with van der Waals surface area (Å²) in [5, 5.41) is 3.82. The van der Waals surface area contributed by atoms with Gasteiger partial charge in [0.1, 0.15) is 0 Å². The molecule has 5 heteroatoms. The summed E-state index contributed by atoms with van der Waals surface area (Å²) in [6.07, 6.45) is 1.41. The molecule has 4 nitrogen and oxygen atoms in total. The van der Waals surface area contributed by atoms with E-state index in [0.29, 0.717) is 23.0 Å². The Hall–Kier alpha value is -2.46.